The fourth-order valence-electron chi connectivity index (χ4n) is 2.78. The average molecular weight is 376 g/mol. The van der Waals surface area contributed by atoms with Crippen LogP contribution in [0.1, 0.15) is 39.0 Å². The molecule has 0 amide bonds. The summed E-state index contributed by atoms with van der Waals surface area (Å²) >= 11 is 7.05. The van der Waals surface area contributed by atoms with Crippen molar-refractivity contribution in [3.05, 3.63) is 21.2 Å². The maximum Gasteiger partial charge on any atom is 0.142 e. The van der Waals surface area contributed by atoms with Gasteiger partial charge in [0.25, 0.3) is 0 Å². The molecular weight excluding hydrogens is 356 g/mol. The molecule has 0 N–H and O–H groups in total. The molecule has 1 fully saturated rings. The van der Waals surface area contributed by atoms with Gasteiger partial charge in [0.1, 0.15) is 5.82 Å². The Morgan fingerprint density at radius 1 is 1.28 bits per heavy atom. The number of aromatic nitrogens is 1. The molecule has 0 aliphatic heterocycles. The third-order valence-electron chi connectivity index (χ3n) is 4.06. The Balaban J connectivity index is 2.05. The van der Waals surface area contributed by atoms with Crippen LogP contribution in [0.5, 0.6) is 0 Å². The lowest BCUT2D eigenvalue weighted by Crippen LogP contribution is -2.35. The third kappa shape index (κ3) is 3.27. The Labute approximate surface area is 126 Å². The molecule has 0 radical (unpaired) electrons. The fraction of sp³-hybridized carbons (Fsp3) is 0.643. The number of hydrogen-bond acceptors (Lipinski definition) is 2. The van der Waals surface area contributed by atoms with E-state index in [-0.39, 0.29) is 0 Å². The molecule has 0 atom stereocenters. The summed E-state index contributed by atoms with van der Waals surface area (Å²) in [7, 11) is 2.16. The van der Waals surface area contributed by atoms with E-state index in [4.69, 9.17) is 0 Å². The summed E-state index contributed by atoms with van der Waals surface area (Å²) < 4.78 is 2.08. The highest BCUT2D eigenvalue weighted by atomic mass is 79.9. The predicted molar refractivity (Wildman–Crippen MR) is 84.1 cm³/mol. The van der Waals surface area contributed by atoms with Crippen molar-refractivity contribution in [2.24, 2.45) is 5.92 Å². The molecule has 4 heteroatoms. The first-order valence-electron chi connectivity index (χ1n) is 6.65. The van der Waals surface area contributed by atoms with Crippen LogP contribution in [0.25, 0.3) is 0 Å². The van der Waals surface area contributed by atoms with E-state index >= 15 is 0 Å². The molecule has 1 saturated carbocycles. The lowest BCUT2D eigenvalue weighted by molar-refractivity contribution is 0.313. The van der Waals surface area contributed by atoms with Gasteiger partial charge < -0.3 is 4.90 Å². The first-order valence-corrected chi connectivity index (χ1v) is 8.24. The van der Waals surface area contributed by atoms with Gasteiger partial charge in [-0.25, -0.2) is 4.98 Å². The van der Waals surface area contributed by atoms with Crippen LogP contribution in [0.4, 0.5) is 5.82 Å². The van der Waals surface area contributed by atoms with E-state index in [0.717, 1.165) is 20.7 Å². The number of pyridine rings is 1. The van der Waals surface area contributed by atoms with Crippen molar-refractivity contribution in [3.8, 4) is 0 Å². The summed E-state index contributed by atoms with van der Waals surface area (Å²) in [6, 6.07) is 2.70. The summed E-state index contributed by atoms with van der Waals surface area (Å²) in [5.74, 6) is 1.99. The van der Waals surface area contributed by atoms with Gasteiger partial charge in [0.2, 0.25) is 0 Å². The molecule has 1 aliphatic carbocycles. The van der Waals surface area contributed by atoms with Crippen molar-refractivity contribution in [1.82, 2.24) is 4.98 Å². The Morgan fingerprint density at radius 2 is 1.94 bits per heavy atom. The van der Waals surface area contributed by atoms with Gasteiger partial charge in [-0.05, 0) is 69.5 Å². The Hall–Kier alpha value is -0.0900. The minimum Gasteiger partial charge on any atom is -0.356 e. The molecule has 2 rings (SSSR count). The lowest BCUT2D eigenvalue weighted by atomic mass is 9.84. The second kappa shape index (κ2) is 6.38. The molecule has 0 bridgehead atoms. The summed E-state index contributed by atoms with van der Waals surface area (Å²) in [6.07, 6.45) is 8.50. The van der Waals surface area contributed by atoms with Crippen LogP contribution in [0.3, 0.4) is 0 Å². The highest BCUT2D eigenvalue weighted by Gasteiger charge is 2.24. The minimum absolute atomic E-state index is 0.637. The largest absolute Gasteiger partial charge is 0.356 e. The Kier molecular flexibility index (Phi) is 5.07. The van der Waals surface area contributed by atoms with E-state index in [1.165, 1.54) is 32.1 Å². The standard InChI is InChI=1S/C14H20Br2N2/c1-3-10-4-6-12(7-5-10)18(2)14-13(16)8-11(15)9-17-14/h8-10,12H,3-7H2,1-2H3. The molecule has 1 heterocycles. The zero-order valence-electron chi connectivity index (χ0n) is 11.0. The highest BCUT2D eigenvalue weighted by Crippen LogP contribution is 2.33. The van der Waals surface area contributed by atoms with Crippen molar-refractivity contribution in [3.63, 3.8) is 0 Å². The van der Waals surface area contributed by atoms with E-state index in [2.05, 4.69) is 61.8 Å². The fourth-order valence-corrected chi connectivity index (χ4v) is 4.05. The monoisotopic (exact) mass is 374 g/mol. The van der Waals surface area contributed by atoms with Gasteiger partial charge in [-0.3, -0.25) is 0 Å². The minimum atomic E-state index is 0.637. The molecule has 100 valence electrons. The van der Waals surface area contributed by atoms with Gasteiger partial charge in [-0.2, -0.15) is 0 Å². The topological polar surface area (TPSA) is 16.1 Å². The van der Waals surface area contributed by atoms with Crippen LogP contribution in [0.2, 0.25) is 0 Å². The van der Waals surface area contributed by atoms with Gasteiger partial charge in [-0.1, -0.05) is 13.3 Å². The summed E-state index contributed by atoms with van der Waals surface area (Å²) in [4.78, 5) is 6.86. The van der Waals surface area contributed by atoms with Crippen molar-refractivity contribution in [2.75, 3.05) is 11.9 Å². The van der Waals surface area contributed by atoms with Crippen molar-refractivity contribution >= 4 is 37.7 Å². The smallest absolute Gasteiger partial charge is 0.142 e. The van der Waals surface area contributed by atoms with Crippen molar-refractivity contribution in [1.29, 1.82) is 0 Å². The van der Waals surface area contributed by atoms with E-state index in [1.807, 2.05) is 6.20 Å². The second-order valence-electron chi connectivity index (χ2n) is 5.15. The first kappa shape index (κ1) is 14.3. The zero-order chi connectivity index (χ0) is 13.1. The van der Waals surface area contributed by atoms with Gasteiger partial charge in [0.15, 0.2) is 0 Å². The number of anilines is 1. The normalized spacial score (nSPS) is 24.0. The number of nitrogens with zero attached hydrogens (tertiary/aromatic N) is 2. The van der Waals surface area contributed by atoms with Gasteiger partial charge in [0.05, 0.1) is 4.47 Å². The zero-order valence-corrected chi connectivity index (χ0v) is 14.2. The van der Waals surface area contributed by atoms with Crippen LogP contribution < -0.4 is 4.90 Å². The lowest BCUT2D eigenvalue weighted by Gasteiger charge is -2.35. The van der Waals surface area contributed by atoms with Crippen molar-refractivity contribution in [2.45, 2.75) is 45.1 Å². The molecule has 1 aromatic heterocycles. The second-order valence-corrected chi connectivity index (χ2v) is 6.92. The maximum absolute atomic E-state index is 4.52. The average Bonchev–Trinajstić information content (AvgIpc) is 2.38. The van der Waals surface area contributed by atoms with Crippen LogP contribution in [0.15, 0.2) is 21.2 Å². The van der Waals surface area contributed by atoms with Gasteiger partial charge >= 0.3 is 0 Å². The Bertz CT molecular complexity index is 401. The van der Waals surface area contributed by atoms with Crippen LogP contribution >= 0.6 is 31.9 Å². The predicted octanol–water partition coefficient (Wildman–Crippen LogP) is 5.01. The SMILES string of the molecule is CCC1CCC(N(C)c2ncc(Br)cc2Br)CC1. The maximum atomic E-state index is 4.52. The highest BCUT2D eigenvalue weighted by molar-refractivity contribution is 9.11. The van der Waals surface area contributed by atoms with E-state index in [1.54, 1.807) is 0 Å². The molecule has 1 aliphatic rings. The quantitative estimate of drug-likeness (QED) is 0.737. The molecular formula is C14H20Br2N2. The molecule has 1 aromatic rings. The van der Waals surface area contributed by atoms with Gasteiger partial charge in [-0.15, -0.1) is 0 Å². The first-order chi connectivity index (χ1) is 8.61. The number of rotatable bonds is 3. The van der Waals surface area contributed by atoms with E-state index in [0.29, 0.717) is 6.04 Å². The van der Waals surface area contributed by atoms with Crippen LogP contribution in [-0.2, 0) is 0 Å². The van der Waals surface area contributed by atoms with Crippen molar-refractivity contribution < 1.29 is 0 Å². The molecule has 0 spiro atoms. The molecule has 0 aromatic carbocycles. The van der Waals surface area contributed by atoms with E-state index in [9.17, 15) is 0 Å². The Morgan fingerprint density at radius 3 is 2.50 bits per heavy atom. The third-order valence-corrected chi connectivity index (χ3v) is 5.08. The molecule has 0 unspecified atom stereocenters. The van der Waals surface area contributed by atoms with Crippen LogP contribution in [-0.4, -0.2) is 18.1 Å². The molecule has 0 saturated heterocycles. The number of halogens is 2. The summed E-state index contributed by atoms with van der Waals surface area (Å²) in [6.45, 7) is 2.31. The molecule has 2 nitrogen and oxygen atoms in total. The van der Waals surface area contributed by atoms with Crippen LogP contribution in [0, 0.1) is 5.92 Å². The number of hydrogen-bond donors (Lipinski definition) is 0. The summed E-state index contributed by atoms with van der Waals surface area (Å²) in [5, 5.41) is 0. The summed E-state index contributed by atoms with van der Waals surface area (Å²) in [5.41, 5.74) is 0. The molecule has 18 heavy (non-hydrogen) atoms. The van der Waals surface area contributed by atoms with Gasteiger partial charge in [0, 0.05) is 23.8 Å². The van der Waals surface area contributed by atoms with E-state index < -0.39 is 0 Å².